The first kappa shape index (κ1) is 11.6. The molecule has 0 amide bonds. The minimum atomic E-state index is -0.242. The summed E-state index contributed by atoms with van der Waals surface area (Å²) in [5.74, 6) is 0.173. The molecule has 0 radical (unpaired) electrons. The number of nitrogens with one attached hydrogen (secondary N) is 1. The van der Waals surface area contributed by atoms with Crippen LogP contribution in [0.5, 0.6) is 0 Å². The Morgan fingerprint density at radius 2 is 2.17 bits per heavy atom. The van der Waals surface area contributed by atoms with E-state index in [0.29, 0.717) is 6.42 Å². The Kier molecular flexibility index (Phi) is 7.00. The van der Waals surface area contributed by atoms with Gasteiger partial charge in [0, 0.05) is 6.42 Å². The second-order valence-electron chi connectivity index (χ2n) is 2.92. The number of ketones is 1. The third kappa shape index (κ3) is 5.27. The Labute approximate surface area is 74.7 Å². The van der Waals surface area contributed by atoms with Gasteiger partial charge < -0.3 is 11.1 Å². The van der Waals surface area contributed by atoms with Crippen LogP contribution in [0.2, 0.25) is 0 Å². The van der Waals surface area contributed by atoms with Crippen molar-refractivity contribution in [3.8, 4) is 0 Å². The van der Waals surface area contributed by atoms with Crippen LogP contribution in [-0.2, 0) is 4.79 Å². The van der Waals surface area contributed by atoms with Gasteiger partial charge in [0.05, 0.1) is 6.04 Å². The van der Waals surface area contributed by atoms with Gasteiger partial charge in [-0.25, -0.2) is 0 Å². The molecule has 12 heavy (non-hydrogen) atoms. The van der Waals surface area contributed by atoms with Gasteiger partial charge in [0.25, 0.3) is 0 Å². The molecule has 0 spiro atoms. The van der Waals surface area contributed by atoms with Crippen LogP contribution >= 0.6 is 0 Å². The van der Waals surface area contributed by atoms with Crippen molar-refractivity contribution in [1.29, 1.82) is 0 Å². The molecule has 0 saturated heterocycles. The fraction of sp³-hybridized carbons (Fsp3) is 0.889. The van der Waals surface area contributed by atoms with E-state index in [-0.39, 0.29) is 11.8 Å². The molecule has 1 atom stereocenters. The number of nitrogens with two attached hydrogens (primary N) is 1. The molecular formula is C9H20N2O. The van der Waals surface area contributed by atoms with E-state index >= 15 is 0 Å². The molecule has 0 heterocycles. The number of Topliss-reactive ketones (excluding diaryl/α,β-unsaturated/α-hetero) is 1. The molecule has 0 aromatic heterocycles. The monoisotopic (exact) mass is 172 g/mol. The van der Waals surface area contributed by atoms with Crippen LogP contribution in [0.25, 0.3) is 0 Å². The van der Waals surface area contributed by atoms with Gasteiger partial charge in [0.1, 0.15) is 5.78 Å². The average molecular weight is 172 g/mol. The molecule has 0 saturated carbocycles. The Hall–Kier alpha value is -0.410. The lowest BCUT2D eigenvalue weighted by Crippen LogP contribution is -2.30. The minimum absolute atomic E-state index is 0.173. The standard InChI is InChI=1S/C9H20N2O/c1-3-9(12)8(10)6-5-7-11-4-2/h8,11H,3-7,10H2,1-2H3/t8-/m1/s1. The summed E-state index contributed by atoms with van der Waals surface area (Å²) in [6.07, 6.45) is 2.35. The maximum absolute atomic E-state index is 11.0. The van der Waals surface area contributed by atoms with Crippen LogP contribution in [0.1, 0.15) is 33.1 Å². The van der Waals surface area contributed by atoms with Crippen molar-refractivity contribution in [1.82, 2.24) is 5.32 Å². The average Bonchev–Trinajstić information content (AvgIpc) is 2.10. The maximum atomic E-state index is 11.0. The molecule has 72 valence electrons. The lowest BCUT2D eigenvalue weighted by Gasteiger charge is -2.08. The number of carbonyl (C=O) groups excluding carboxylic acids is 1. The molecule has 0 rings (SSSR count). The molecule has 3 heteroatoms. The van der Waals surface area contributed by atoms with E-state index in [2.05, 4.69) is 12.2 Å². The predicted molar refractivity (Wildman–Crippen MR) is 51.1 cm³/mol. The topological polar surface area (TPSA) is 55.1 Å². The van der Waals surface area contributed by atoms with Crippen LogP contribution in [-0.4, -0.2) is 24.9 Å². The van der Waals surface area contributed by atoms with Crippen LogP contribution in [0.4, 0.5) is 0 Å². The second kappa shape index (κ2) is 7.25. The summed E-state index contributed by atoms with van der Waals surface area (Å²) in [7, 11) is 0. The van der Waals surface area contributed by atoms with E-state index in [9.17, 15) is 4.79 Å². The molecule has 0 unspecified atom stereocenters. The normalized spacial score (nSPS) is 12.9. The van der Waals surface area contributed by atoms with Crippen LogP contribution in [0.3, 0.4) is 0 Å². The van der Waals surface area contributed by atoms with Gasteiger partial charge in [0.15, 0.2) is 0 Å². The fourth-order valence-electron chi connectivity index (χ4n) is 1.05. The zero-order valence-electron chi connectivity index (χ0n) is 8.10. The highest BCUT2D eigenvalue weighted by Gasteiger charge is 2.09. The highest BCUT2D eigenvalue weighted by Crippen LogP contribution is 1.97. The van der Waals surface area contributed by atoms with Crippen molar-refractivity contribution in [3.63, 3.8) is 0 Å². The Bertz CT molecular complexity index is 126. The first-order chi connectivity index (χ1) is 5.72. The highest BCUT2D eigenvalue weighted by molar-refractivity contribution is 5.83. The molecular weight excluding hydrogens is 152 g/mol. The first-order valence-corrected chi connectivity index (χ1v) is 4.71. The lowest BCUT2D eigenvalue weighted by molar-refractivity contribution is -0.120. The first-order valence-electron chi connectivity index (χ1n) is 4.71. The highest BCUT2D eigenvalue weighted by atomic mass is 16.1. The third-order valence-electron chi connectivity index (χ3n) is 1.88. The molecule has 3 nitrogen and oxygen atoms in total. The summed E-state index contributed by atoms with van der Waals surface area (Å²) in [5, 5.41) is 3.19. The zero-order chi connectivity index (χ0) is 9.40. The molecule has 0 aliphatic carbocycles. The van der Waals surface area contributed by atoms with E-state index in [1.165, 1.54) is 0 Å². The van der Waals surface area contributed by atoms with Crippen molar-refractivity contribution in [2.24, 2.45) is 5.73 Å². The predicted octanol–water partition coefficient (Wildman–Crippen LogP) is 0.682. The van der Waals surface area contributed by atoms with Crippen molar-refractivity contribution in [2.75, 3.05) is 13.1 Å². The van der Waals surface area contributed by atoms with E-state index in [1.807, 2.05) is 6.92 Å². The van der Waals surface area contributed by atoms with Gasteiger partial charge in [-0.15, -0.1) is 0 Å². The number of carbonyl (C=O) groups is 1. The summed E-state index contributed by atoms with van der Waals surface area (Å²) in [5.41, 5.74) is 5.63. The van der Waals surface area contributed by atoms with Gasteiger partial charge >= 0.3 is 0 Å². The van der Waals surface area contributed by atoms with Crippen molar-refractivity contribution < 1.29 is 4.79 Å². The smallest absolute Gasteiger partial charge is 0.149 e. The summed E-state index contributed by atoms with van der Waals surface area (Å²) >= 11 is 0. The largest absolute Gasteiger partial charge is 0.322 e. The third-order valence-corrected chi connectivity index (χ3v) is 1.88. The van der Waals surface area contributed by atoms with Crippen LogP contribution < -0.4 is 11.1 Å². The van der Waals surface area contributed by atoms with Gasteiger partial charge in [-0.2, -0.15) is 0 Å². The van der Waals surface area contributed by atoms with Gasteiger partial charge in [-0.3, -0.25) is 4.79 Å². The number of hydrogen-bond acceptors (Lipinski definition) is 3. The van der Waals surface area contributed by atoms with Crippen LogP contribution in [0, 0.1) is 0 Å². The fourth-order valence-corrected chi connectivity index (χ4v) is 1.05. The molecule has 3 N–H and O–H groups in total. The van der Waals surface area contributed by atoms with Gasteiger partial charge in [0.2, 0.25) is 0 Å². The summed E-state index contributed by atoms with van der Waals surface area (Å²) < 4.78 is 0. The second-order valence-corrected chi connectivity index (χ2v) is 2.92. The summed E-state index contributed by atoms with van der Waals surface area (Å²) in [6, 6.07) is -0.242. The number of hydrogen-bond donors (Lipinski definition) is 2. The molecule has 0 fully saturated rings. The zero-order valence-corrected chi connectivity index (χ0v) is 8.10. The van der Waals surface area contributed by atoms with E-state index in [0.717, 1.165) is 25.9 Å². The van der Waals surface area contributed by atoms with Crippen LogP contribution in [0.15, 0.2) is 0 Å². The van der Waals surface area contributed by atoms with E-state index in [4.69, 9.17) is 5.73 Å². The molecule has 0 aliphatic rings. The van der Waals surface area contributed by atoms with Crippen molar-refractivity contribution >= 4 is 5.78 Å². The molecule has 0 bridgehead atoms. The van der Waals surface area contributed by atoms with E-state index < -0.39 is 0 Å². The van der Waals surface area contributed by atoms with Gasteiger partial charge in [-0.05, 0) is 25.9 Å². The quantitative estimate of drug-likeness (QED) is 0.555. The van der Waals surface area contributed by atoms with Gasteiger partial charge in [-0.1, -0.05) is 13.8 Å². The van der Waals surface area contributed by atoms with Crippen molar-refractivity contribution in [3.05, 3.63) is 0 Å². The molecule has 0 aromatic carbocycles. The lowest BCUT2D eigenvalue weighted by atomic mass is 10.1. The minimum Gasteiger partial charge on any atom is -0.322 e. The molecule has 0 aliphatic heterocycles. The van der Waals surface area contributed by atoms with Crippen molar-refractivity contribution in [2.45, 2.75) is 39.2 Å². The summed E-state index contributed by atoms with van der Waals surface area (Å²) in [4.78, 5) is 11.0. The van der Waals surface area contributed by atoms with E-state index in [1.54, 1.807) is 0 Å². The molecule has 0 aromatic rings. The maximum Gasteiger partial charge on any atom is 0.149 e. The summed E-state index contributed by atoms with van der Waals surface area (Å²) in [6.45, 7) is 5.86. The Morgan fingerprint density at radius 3 is 2.67 bits per heavy atom. The Morgan fingerprint density at radius 1 is 1.50 bits per heavy atom. The number of rotatable bonds is 7. The SMILES string of the molecule is CCNCCC[C@@H](N)C(=O)CC. The Balaban J connectivity index is 3.31.